The largest absolute Gasteiger partial charge is 0.350 e. The molecule has 1 atom stereocenters. The van der Waals surface area contributed by atoms with Crippen molar-refractivity contribution in [2.45, 2.75) is 51.5 Å². The van der Waals surface area contributed by atoms with Gasteiger partial charge in [-0.05, 0) is 25.2 Å². The summed E-state index contributed by atoms with van der Waals surface area (Å²) < 4.78 is 0. The van der Waals surface area contributed by atoms with Gasteiger partial charge in [-0.3, -0.25) is 4.79 Å². The van der Waals surface area contributed by atoms with Gasteiger partial charge in [-0.2, -0.15) is 0 Å². The average Bonchev–Trinajstić information content (AvgIpc) is 2.11. The van der Waals surface area contributed by atoms with E-state index in [4.69, 9.17) is 0 Å². The molecule has 82 valence electrons. The Hall–Kier alpha value is -0.0500. The SMILES string of the molecule is CCC(C)CC(=O)NC1(CBr)CCC1. The van der Waals surface area contributed by atoms with Crippen LogP contribution in [0.15, 0.2) is 0 Å². The van der Waals surface area contributed by atoms with Crippen LogP contribution in [0.2, 0.25) is 0 Å². The minimum Gasteiger partial charge on any atom is -0.350 e. The molecule has 0 spiro atoms. The van der Waals surface area contributed by atoms with E-state index in [-0.39, 0.29) is 11.4 Å². The number of rotatable bonds is 5. The molecule has 2 nitrogen and oxygen atoms in total. The zero-order valence-electron chi connectivity index (χ0n) is 9.11. The maximum atomic E-state index is 11.6. The third-order valence-corrected chi connectivity index (χ3v) is 4.28. The first-order valence-corrected chi connectivity index (χ1v) is 6.61. The zero-order chi connectivity index (χ0) is 10.6. The molecule has 1 aliphatic rings. The Balaban J connectivity index is 2.32. The minimum absolute atomic E-state index is 0.0878. The Labute approximate surface area is 95.0 Å². The first-order valence-electron chi connectivity index (χ1n) is 5.49. The van der Waals surface area contributed by atoms with E-state index in [9.17, 15) is 4.79 Å². The Bertz CT molecular complexity index is 196. The van der Waals surface area contributed by atoms with Crippen LogP contribution in [0.1, 0.15) is 46.0 Å². The predicted molar refractivity (Wildman–Crippen MR) is 62.6 cm³/mol. The van der Waals surface area contributed by atoms with Gasteiger partial charge in [0.05, 0.1) is 0 Å². The van der Waals surface area contributed by atoms with Gasteiger partial charge >= 0.3 is 0 Å². The summed E-state index contributed by atoms with van der Waals surface area (Å²) in [5.41, 5.74) is 0.0878. The van der Waals surface area contributed by atoms with Crippen molar-refractivity contribution in [3.8, 4) is 0 Å². The molecule has 0 radical (unpaired) electrons. The lowest BCUT2D eigenvalue weighted by molar-refractivity contribution is -0.124. The van der Waals surface area contributed by atoms with Gasteiger partial charge in [0.2, 0.25) is 5.91 Å². The van der Waals surface area contributed by atoms with Crippen LogP contribution in [0.5, 0.6) is 0 Å². The molecular formula is C11H20BrNO. The smallest absolute Gasteiger partial charge is 0.220 e. The Kier molecular flexibility index (Phi) is 4.42. The van der Waals surface area contributed by atoms with Crippen LogP contribution in [-0.2, 0) is 4.79 Å². The highest BCUT2D eigenvalue weighted by atomic mass is 79.9. The normalized spacial score (nSPS) is 21.1. The topological polar surface area (TPSA) is 29.1 Å². The van der Waals surface area contributed by atoms with Crippen LogP contribution in [0.25, 0.3) is 0 Å². The van der Waals surface area contributed by atoms with Crippen molar-refractivity contribution in [3.63, 3.8) is 0 Å². The summed E-state index contributed by atoms with van der Waals surface area (Å²) in [7, 11) is 0. The van der Waals surface area contributed by atoms with E-state index >= 15 is 0 Å². The van der Waals surface area contributed by atoms with Crippen molar-refractivity contribution in [1.29, 1.82) is 0 Å². The van der Waals surface area contributed by atoms with Crippen molar-refractivity contribution >= 4 is 21.8 Å². The number of hydrogen-bond donors (Lipinski definition) is 1. The van der Waals surface area contributed by atoms with E-state index in [1.165, 1.54) is 6.42 Å². The molecule has 0 aromatic heterocycles. The zero-order valence-corrected chi connectivity index (χ0v) is 10.7. The second kappa shape index (κ2) is 5.15. The number of nitrogens with one attached hydrogen (secondary N) is 1. The molecule has 0 bridgehead atoms. The third-order valence-electron chi connectivity index (χ3n) is 3.20. The van der Waals surface area contributed by atoms with E-state index in [2.05, 4.69) is 35.1 Å². The van der Waals surface area contributed by atoms with E-state index in [0.717, 1.165) is 24.6 Å². The lowest BCUT2D eigenvalue weighted by Gasteiger charge is -2.41. The fourth-order valence-electron chi connectivity index (χ4n) is 1.70. The Morgan fingerprint density at radius 1 is 1.57 bits per heavy atom. The summed E-state index contributed by atoms with van der Waals surface area (Å²) in [6.45, 7) is 4.25. The number of carbonyl (C=O) groups excluding carboxylic acids is 1. The molecule has 14 heavy (non-hydrogen) atoms. The summed E-state index contributed by atoms with van der Waals surface area (Å²) in [5, 5.41) is 4.05. The molecule has 0 aromatic carbocycles. The van der Waals surface area contributed by atoms with Crippen LogP contribution in [-0.4, -0.2) is 16.8 Å². The van der Waals surface area contributed by atoms with E-state index in [1.54, 1.807) is 0 Å². The van der Waals surface area contributed by atoms with Gasteiger partial charge in [-0.25, -0.2) is 0 Å². The van der Waals surface area contributed by atoms with Gasteiger partial charge in [-0.1, -0.05) is 36.2 Å². The average molecular weight is 262 g/mol. The fraction of sp³-hybridized carbons (Fsp3) is 0.909. The molecule has 1 saturated carbocycles. The molecule has 1 fully saturated rings. The van der Waals surface area contributed by atoms with Gasteiger partial charge in [0.25, 0.3) is 0 Å². The molecular weight excluding hydrogens is 242 g/mol. The molecule has 1 amide bonds. The lowest BCUT2D eigenvalue weighted by Crippen LogP contribution is -2.55. The van der Waals surface area contributed by atoms with Crippen molar-refractivity contribution in [3.05, 3.63) is 0 Å². The fourth-order valence-corrected chi connectivity index (χ4v) is 2.40. The molecule has 0 aliphatic heterocycles. The van der Waals surface area contributed by atoms with Crippen molar-refractivity contribution in [2.24, 2.45) is 5.92 Å². The van der Waals surface area contributed by atoms with Crippen molar-refractivity contribution in [2.75, 3.05) is 5.33 Å². The standard InChI is InChI=1S/C11H20BrNO/c1-3-9(2)7-10(14)13-11(8-12)5-4-6-11/h9H,3-8H2,1-2H3,(H,13,14). The highest BCUT2D eigenvalue weighted by molar-refractivity contribution is 9.09. The maximum absolute atomic E-state index is 11.6. The van der Waals surface area contributed by atoms with Crippen LogP contribution >= 0.6 is 15.9 Å². The summed E-state index contributed by atoms with van der Waals surface area (Å²) in [6.07, 6.45) is 5.25. The summed E-state index contributed by atoms with van der Waals surface area (Å²) in [4.78, 5) is 11.6. The predicted octanol–water partition coefficient (Wildman–Crippen LogP) is 2.86. The van der Waals surface area contributed by atoms with Gasteiger partial charge in [0.1, 0.15) is 0 Å². The van der Waals surface area contributed by atoms with E-state index < -0.39 is 0 Å². The molecule has 0 saturated heterocycles. The second-order valence-electron chi connectivity index (χ2n) is 4.53. The number of carbonyl (C=O) groups is 1. The second-order valence-corrected chi connectivity index (χ2v) is 5.09. The minimum atomic E-state index is 0.0878. The molecule has 1 rings (SSSR count). The number of halogens is 1. The van der Waals surface area contributed by atoms with Crippen LogP contribution in [0.3, 0.4) is 0 Å². The summed E-state index contributed by atoms with van der Waals surface area (Å²) >= 11 is 3.48. The molecule has 0 aromatic rings. The van der Waals surface area contributed by atoms with Gasteiger partial charge in [0, 0.05) is 17.3 Å². The number of alkyl halides is 1. The quantitative estimate of drug-likeness (QED) is 0.758. The molecule has 3 heteroatoms. The van der Waals surface area contributed by atoms with Gasteiger partial charge in [-0.15, -0.1) is 0 Å². The number of amides is 1. The van der Waals surface area contributed by atoms with Gasteiger partial charge in [0.15, 0.2) is 0 Å². The molecule has 1 aliphatic carbocycles. The van der Waals surface area contributed by atoms with E-state index in [0.29, 0.717) is 12.3 Å². The first kappa shape index (κ1) is 12.0. The van der Waals surface area contributed by atoms with E-state index in [1.807, 2.05) is 0 Å². The monoisotopic (exact) mass is 261 g/mol. The van der Waals surface area contributed by atoms with Crippen molar-refractivity contribution in [1.82, 2.24) is 5.32 Å². The highest BCUT2D eigenvalue weighted by Crippen LogP contribution is 2.33. The summed E-state index contributed by atoms with van der Waals surface area (Å²) in [6, 6.07) is 0. The third kappa shape index (κ3) is 2.97. The first-order chi connectivity index (χ1) is 6.62. The van der Waals surface area contributed by atoms with Crippen LogP contribution in [0.4, 0.5) is 0 Å². The van der Waals surface area contributed by atoms with Crippen molar-refractivity contribution < 1.29 is 4.79 Å². The molecule has 1 unspecified atom stereocenters. The lowest BCUT2D eigenvalue weighted by atomic mass is 9.78. The number of hydrogen-bond acceptors (Lipinski definition) is 1. The molecule has 0 heterocycles. The molecule has 1 N–H and O–H groups in total. The van der Waals surface area contributed by atoms with Gasteiger partial charge < -0.3 is 5.32 Å². The Morgan fingerprint density at radius 3 is 2.57 bits per heavy atom. The maximum Gasteiger partial charge on any atom is 0.220 e. The summed E-state index contributed by atoms with van der Waals surface area (Å²) in [5.74, 6) is 0.723. The van der Waals surface area contributed by atoms with Crippen LogP contribution in [0, 0.1) is 5.92 Å². The van der Waals surface area contributed by atoms with Crippen LogP contribution < -0.4 is 5.32 Å². The highest BCUT2D eigenvalue weighted by Gasteiger charge is 2.37. The Morgan fingerprint density at radius 2 is 2.21 bits per heavy atom.